The molecule has 0 N–H and O–H groups in total. The van der Waals surface area contributed by atoms with Crippen molar-refractivity contribution in [3.05, 3.63) is 30.1 Å². The number of likely N-dealkylation sites (tertiary alicyclic amines) is 1. The Balaban J connectivity index is 1.61. The van der Waals surface area contributed by atoms with Crippen molar-refractivity contribution >= 4 is 22.8 Å². The minimum Gasteiger partial charge on any atom is -0.341 e. The lowest BCUT2D eigenvalue weighted by Crippen LogP contribution is -2.38. The van der Waals surface area contributed by atoms with Crippen molar-refractivity contribution in [1.82, 2.24) is 19.4 Å². The van der Waals surface area contributed by atoms with Crippen molar-refractivity contribution in [2.45, 2.75) is 83.7 Å². The third kappa shape index (κ3) is 4.63. The van der Waals surface area contributed by atoms with Crippen LogP contribution in [-0.4, -0.2) is 56.8 Å². The number of amides is 2. The van der Waals surface area contributed by atoms with Gasteiger partial charge in [-0.25, -0.2) is 4.98 Å². The first kappa shape index (κ1) is 21.8. The smallest absolute Gasteiger partial charge is 0.242 e. The summed E-state index contributed by atoms with van der Waals surface area (Å²) in [5, 5.41) is 0. The molecule has 1 aromatic carbocycles. The van der Waals surface area contributed by atoms with Gasteiger partial charge in [-0.2, -0.15) is 0 Å². The summed E-state index contributed by atoms with van der Waals surface area (Å²) in [6.07, 6.45) is 8.38. The van der Waals surface area contributed by atoms with Crippen molar-refractivity contribution in [3.63, 3.8) is 0 Å². The average molecular weight is 425 g/mol. The lowest BCUT2D eigenvalue weighted by atomic mass is 9.94. The molecule has 4 rings (SSSR count). The van der Waals surface area contributed by atoms with Gasteiger partial charge in [-0.05, 0) is 37.8 Å². The van der Waals surface area contributed by atoms with Crippen LogP contribution >= 0.6 is 0 Å². The quantitative estimate of drug-likeness (QED) is 0.634. The minimum absolute atomic E-state index is 0.0560. The number of carbonyl (C=O) groups excluding carboxylic acids is 2. The molecule has 1 aliphatic carbocycles. The van der Waals surface area contributed by atoms with E-state index in [2.05, 4.69) is 23.3 Å². The summed E-state index contributed by atoms with van der Waals surface area (Å²) in [7, 11) is 0. The van der Waals surface area contributed by atoms with E-state index in [0.29, 0.717) is 19.0 Å². The van der Waals surface area contributed by atoms with Crippen LogP contribution in [0.4, 0.5) is 0 Å². The molecule has 2 aliphatic rings. The van der Waals surface area contributed by atoms with Gasteiger partial charge >= 0.3 is 0 Å². The van der Waals surface area contributed by atoms with E-state index in [-0.39, 0.29) is 17.7 Å². The van der Waals surface area contributed by atoms with E-state index in [1.165, 1.54) is 19.3 Å². The van der Waals surface area contributed by atoms with E-state index >= 15 is 0 Å². The van der Waals surface area contributed by atoms with Crippen molar-refractivity contribution in [3.8, 4) is 0 Å². The van der Waals surface area contributed by atoms with Crippen molar-refractivity contribution in [2.24, 2.45) is 0 Å². The fraction of sp³-hybridized carbons (Fsp3) is 0.640. The third-order valence-corrected chi connectivity index (χ3v) is 6.86. The number of hydrogen-bond donors (Lipinski definition) is 0. The Bertz CT molecular complexity index is 909. The molecular weight excluding hydrogens is 388 g/mol. The number of hydrogen-bond acceptors (Lipinski definition) is 3. The van der Waals surface area contributed by atoms with Gasteiger partial charge in [0.1, 0.15) is 12.4 Å². The van der Waals surface area contributed by atoms with E-state index in [4.69, 9.17) is 4.98 Å². The van der Waals surface area contributed by atoms with Crippen LogP contribution in [0.15, 0.2) is 24.3 Å². The molecule has 0 bridgehead atoms. The molecule has 1 saturated carbocycles. The van der Waals surface area contributed by atoms with Gasteiger partial charge in [0.05, 0.1) is 11.0 Å². The van der Waals surface area contributed by atoms with Gasteiger partial charge in [0.15, 0.2) is 0 Å². The molecule has 2 aromatic rings. The molecular formula is C25H36N4O2. The summed E-state index contributed by atoms with van der Waals surface area (Å²) in [6, 6.07) is 8.42. The molecule has 2 fully saturated rings. The van der Waals surface area contributed by atoms with Gasteiger partial charge in [0, 0.05) is 38.0 Å². The number of benzene rings is 1. The first-order chi connectivity index (χ1) is 15.1. The number of aromatic nitrogens is 2. The summed E-state index contributed by atoms with van der Waals surface area (Å²) in [4.78, 5) is 35.1. The molecule has 1 unspecified atom stereocenters. The zero-order valence-corrected chi connectivity index (χ0v) is 19.1. The molecule has 168 valence electrons. The van der Waals surface area contributed by atoms with Crippen LogP contribution in [0.1, 0.15) is 77.0 Å². The van der Waals surface area contributed by atoms with Gasteiger partial charge in [0.2, 0.25) is 11.8 Å². The van der Waals surface area contributed by atoms with Gasteiger partial charge < -0.3 is 14.4 Å². The number of carbonyl (C=O) groups is 2. The predicted molar refractivity (Wildman–Crippen MR) is 123 cm³/mol. The SMILES string of the molecule is CCCN(CCC)C(=O)Cn1c(C2CC(=O)N(C3CCCCC3)C2)nc2ccccc21. The van der Waals surface area contributed by atoms with Crippen LogP contribution in [0.25, 0.3) is 11.0 Å². The second kappa shape index (κ2) is 9.84. The molecule has 2 amide bonds. The van der Waals surface area contributed by atoms with Crippen LogP contribution in [-0.2, 0) is 16.1 Å². The Labute approximate surface area is 185 Å². The van der Waals surface area contributed by atoms with Crippen molar-refractivity contribution < 1.29 is 9.59 Å². The zero-order chi connectivity index (χ0) is 21.8. The molecule has 1 atom stereocenters. The monoisotopic (exact) mass is 424 g/mol. The predicted octanol–water partition coefficient (Wildman–Crippen LogP) is 4.33. The standard InChI is InChI=1S/C25H36N4O2/c1-3-14-27(15-4-2)24(31)18-29-22-13-9-8-12-21(22)26-25(29)19-16-23(30)28(17-19)20-10-6-5-7-11-20/h8-9,12-13,19-20H,3-7,10-11,14-18H2,1-2H3. The van der Waals surface area contributed by atoms with E-state index in [9.17, 15) is 9.59 Å². The Morgan fingerprint density at radius 1 is 1.10 bits per heavy atom. The lowest BCUT2D eigenvalue weighted by molar-refractivity contribution is -0.132. The van der Waals surface area contributed by atoms with Crippen LogP contribution in [0.5, 0.6) is 0 Å². The number of para-hydroxylation sites is 2. The zero-order valence-electron chi connectivity index (χ0n) is 19.1. The van der Waals surface area contributed by atoms with E-state index < -0.39 is 0 Å². The first-order valence-electron chi connectivity index (χ1n) is 12.1. The summed E-state index contributed by atoms with van der Waals surface area (Å²) in [5.74, 6) is 1.34. The maximum Gasteiger partial charge on any atom is 0.242 e. The summed E-state index contributed by atoms with van der Waals surface area (Å²) in [5.41, 5.74) is 1.90. The normalized spacial score (nSPS) is 20.0. The Hall–Kier alpha value is -2.37. The average Bonchev–Trinajstić information content (AvgIpc) is 3.35. The molecule has 6 nitrogen and oxygen atoms in total. The maximum absolute atomic E-state index is 13.2. The highest BCUT2D eigenvalue weighted by molar-refractivity contribution is 5.83. The van der Waals surface area contributed by atoms with Gasteiger partial charge in [-0.3, -0.25) is 9.59 Å². The molecule has 6 heteroatoms. The molecule has 1 saturated heterocycles. The molecule has 1 aliphatic heterocycles. The number of rotatable bonds is 8. The second-order valence-electron chi connectivity index (χ2n) is 9.16. The number of nitrogens with zero attached hydrogens (tertiary/aromatic N) is 4. The number of imidazole rings is 1. The summed E-state index contributed by atoms with van der Waals surface area (Å²) in [6.45, 7) is 6.81. The maximum atomic E-state index is 13.2. The number of fused-ring (bicyclic) bond motifs is 1. The first-order valence-corrected chi connectivity index (χ1v) is 12.1. The van der Waals surface area contributed by atoms with Gasteiger partial charge in [-0.1, -0.05) is 45.2 Å². The molecule has 2 heterocycles. The second-order valence-corrected chi connectivity index (χ2v) is 9.16. The molecule has 0 radical (unpaired) electrons. The lowest BCUT2D eigenvalue weighted by Gasteiger charge is -2.31. The summed E-state index contributed by atoms with van der Waals surface area (Å²) >= 11 is 0. The molecule has 1 aromatic heterocycles. The van der Waals surface area contributed by atoms with E-state index in [0.717, 1.165) is 62.2 Å². The van der Waals surface area contributed by atoms with Crippen LogP contribution in [0.2, 0.25) is 0 Å². The summed E-state index contributed by atoms with van der Waals surface area (Å²) < 4.78 is 2.08. The van der Waals surface area contributed by atoms with Crippen LogP contribution < -0.4 is 0 Å². The fourth-order valence-electron chi connectivity index (χ4n) is 5.36. The van der Waals surface area contributed by atoms with Gasteiger partial charge in [-0.15, -0.1) is 0 Å². The highest BCUT2D eigenvalue weighted by Crippen LogP contribution is 2.34. The highest BCUT2D eigenvalue weighted by Gasteiger charge is 2.38. The van der Waals surface area contributed by atoms with E-state index in [1.807, 2.05) is 29.2 Å². The van der Waals surface area contributed by atoms with Crippen LogP contribution in [0.3, 0.4) is 0 Å². The van der Waals surface area contributed by atoms with E-state index in [1.54, 1.807) is 0 Å². The van der Waals surface area contributed by atoms with Crippen LogP contribution in [0, 0.1) is 0 Å². The topological polar surface area (TPSA) is 58.4 Å². The Morgan fingerprint density at radius 3 is 2.52 bits per heavy atom. The highest BCUT2D eigenvalue weighted by atomic mass is 16.2. The third-order valence-electron chi connectivity index (χ3n) is 6.86. The minimum atomic E-state index is 0.0560. The largest absolute Gasteiger partial charge is 0.341 e. The van der Waals surface area contributed by atoms with Gasteiger partial charge in [0.25, 0.3) is 0 Å². The fourth-order valence-corrected chi connectivity index (χ4v) is 5.36. The Kier molecular flexibility index (Phi) is 6.93. The van der Waals surface area contributed by atoms with Crippen molar-refractivity contribution in [1.29, 1.82) is 0 Å². The molecule has 31 heavy (non-hydrogen) atoms. The van der Waals surface area contributed by atoms with Crippen molar-refractivity contribution in [2.75, 3.05) is 19.6 Å². The molecule has 0 spiro atoms. The Morgan fingerprint density at radius 2 is 1.81 bits per heavy atom.